The lowest BCUT2D eigenvalue weighted by Crippen LogP contribution is -2.42. The molecule has 1 amide bonds. The van der Waals surface area contributed by atoms with Crippen LogP contribution in [0.15, 0.2) is 41.3 Å². The monoisotopic (exact) mass is 581 g/mol. The highest BCUT2D eigenvalue weighted by Crippen LogP contribution is 2.34. The SMILES string of the molecule is CNC(=O)CCN(C)c1nn(C)c2cc(C3CCN(CC4C=C(S(=O)N5CCC(NC)CC5)C=CC4)CC3)ccc12. The molecule has 2 unspecified atom stereocenters. The van der Waals surface area contributed by atoms with Gasteiger partial charge in [-0.15, -0.1) is 0 Å². The Morgan fingerprint density at radius 1 is 1.12 bits per heavy atom. The number of carbonyl (C=O) groups excluding carboxylic acids is 1. The van der Waals surface area contributed by atoms with E-state index in [1.54, 1.807) is 7.05 Å². The van der Waals surface area contributed by atoms with Crippen molar-refractivity contribution in [3.63, 3.8) is 0 Å². The molecule has 0 bridgehead atoms. The summed E-state index contributed by atoms with van der Waals surface area (Å²) in [5.41, 5.74) is 2.53. The van der Waals surface area contributed by atoms with Crippen LogP contribution in [0.4, 0.5) is 5.82 Å². The van der Waals surface area contributed by atoms with Crippen molar-refractivity contribution in [2.75, 3.05) is 65.3 Å². The number of likely N-dealkylation sites (tertiary alicyclic amines) is 1. The summed E-state index contributed by atoms with van der Waals surface area (Å²) in [4.78, 5) is 17.4. The van der Waals surface area contributed by atoms with E-state index in [2.05, 4.69) is 61.2 Å². The molecule has 2 saturated heterocycles. The Labute approximate surface area is 247 Å². The molecule has 2 atom stereocenters. The van der Waals surface area contributed by atoms with Gasteiger partial charge in [-0.3, -0.25) is 9.48 Å². The Balaban J connectivity index is 1.15. The first-order valence-corrected chi connectivity index (χ1v) is 16.3. The number of piperidine rings is 2. The van der Waals surface area contributed by atoms with Crippen LogP contribution in [0.3, 0.4) is 0 Å². The third-order valence-electron chi connectivity index (χ3n) is 9.14. The number of benzene rings is 1. The number of nitrogens with zero attached hydrogens (tertiary/aromatic N) is 5. The minimum Gasteiger partial charge on any atom is -0.359 e. The molecule has 3 heterocycles. The smallest absolute Gasteiger partial charge is 0.221 e. The van der Waals surface area contributed by atoms with Gasteiger partial charge >= 0.3 is 0 Å². The summed E-state index contributed by atoms with van der Waals surface area (Å²) in [5, 5.41) is 12.0. The van der Waals surface area contributed by atoms with E-state index < -0.39 is 11.0 Å². The van der Waals surface area contributed by atoms with Crippen LogP contribution >= 0.6 is 0 Å². The highest BCUT2D eigenvalue weighted by molar-refractivity contribution is 7.86. The Bertz CT molecular complexity index is 1290. The van der Waals surface area contributed by atoms with Gasteiger partial charge in [0.25, 0.3) is 0 Å². The molecule has 3 aliphatic rings. The van der Waals surface area contributed by atoms with Gasteiger partial charge in [-0.05, 0) is 87.8 Å². The predicted molar refractivity (Wildman–Crippen MR) is 168 cm³/mol. The second-order valence-electron chi connectivity index (χ2n) is 11.9. The van der Waals surface area contributed by atoms with Gasteiger partial charge in [-0.1, -0.05) is 18.2 Å². The largest absolute Gasteiger partial charge is 0.359 e. The van der Waals surface area contributed by atoms with E-state index in [9.17, 15) is 9.00 Å². The Morgan fingerprint density at radius 2 is 1.88 bits per heavy atom. The zero-order chi connectivity index (χ0) is 28.9. The molecule has 1 aliphatic carbocycles. The summed E-state index contributed by atoms with van der Waals surface area (Å²) in [6.45, 7) is 5.62. The fourth-order valence-corrected chi connectivity index (χ4v) is 7.85. The van der Waals surface area contributed by atoms with Crippen molar-refractivity contribution in [1.29, 1.82) is 0 Å². The average molecular weight is 582 g/mol. The number of aryl methyl sites for hydroxylation is 1. The van der Waals surface area contributed by atoms with Gasteiger partial charge in [-0.2, -0.15) is 5.10 Å². The molecule has 1 aromatic carbocycles. The van der Waals surface area contributed by atoms with E-state index in [-0.39, 0.29) is 5.91 Å². The summed E-state index contributed by atoms with van der Waals surface area (Å²) in [5.74, 6) is 1.93. The molecule has 0 spiro atoms. The maximum Gasteiger partial charge on any atom is 0.221 e. The van der Waals surface area contributed by atoms with E-state index in [0.717, 1.165) is 86.5 Å². The van der Waals surface area contributed by atoms with Crippen LogP contribution < -0.4 is 15.5 Å². The van der Waals surface area contributed by atoms with Gasteiger partial charge in [0.15, 0.2) is 5.82 Å². The second kappa shape index (κ2) is 13.6. The number of carbonyl (C=O) groups is 1. The molecule has 5 rings (SSSR count). The lowest BCUT2D eigenvalue weighted by atomic mass is 9.88. The average Bonchev–Trinajstić information content (AvgIpc) is 3.35. The van der Waals surface area contributed by atoms with Gasteiger partial charge in [0.05, 0.1) is 10.4 Å². The molecule has 2 aromatic rings. The summed E-state index contributed by atoms with van der Waals surface area (Å²) < 4.78 is 17.4. The minimum absolute atomic E-state index is 0.0394. The molecular formula is C31H47N7O2S. The van der Waals surface area contributed by atoms with Crippen LogP contribution in [0.5, 0.6) is 0 Å². The van der Waals surface area contributed by atoms with Gasteiger partial charge < -0.3 is 20.4 Å². The molecular weight excluding hydrogens is 534 g/mol. The normalized spacial score (nSPS) is 22.1. The number of rotatable bonds is 10. The van der Waals surface area contributed by atoms with E-state index >= 15 is 0 Å². The zero-order valence-corrected chi connectivity index (χ0v) is 26.0. The summed E-state index contributed by atoms with van der Waals surface area (Å²) in [6, 6.07) is 7.34. The molecule has 2 N–H and O–H groups in total. The third kappa shape index (κ3) is 7.10. The van der Waals surface area contributed by atoms with Gasteiger partial charge in [0.2, 0.25) is 5.91 Å². The fourth-order valence-electron chi connectivity index (χ4n) is 6.49. The lowest BCUT2D eigenvalue weighted by Gasteiger charge is -2.35. The summed E-state index contributed by atoms with van der Waals surface area (Å²) in [6.07, 6.45) is 12.5. The molecule has 9 nitrogen and oxygen atoms in total. The molecule has 0 radical (unpaired) electrons. The van der Waals surface area contributed by atoms with Gasteiger partial charge in [0, 0.05) is 65.2 Å². The van der Waals surface area contributed by atoms with Crippen molar-refractivity contribution in [1.82, 2.24) is 29.6 Å². The molecule has 41 heavy (non-hydrogen) atoms. The highest BCUT2D eigenvalue weighted by atomic mass is 32.2. The lowest BCUT2D eigenvalue weighted by molar-refractivity contribution is -0.120. The number of aromatic nitrogens is 2. The van der Waals surface area contributed by atoms with E-state index in [1.807, 2.05) is 25.8 Å². The van der Waals surface area contributed by atoms with Crippen molar-refractivity contribution in [2.45, 2.75) is 50.5 Å². The molecule has 2 aliphatic heterocycles. The first kappa shape index (κ1) is 29.9. The maximum absolute atomic E-state index is 13.3. The minimum atomic E-state index is -1.05. The second-order valence-corrected chi connectivity index (χ2v) is 13.3. The van der Waals surface area contributed by atoms with Crippen LogP contribution in [0.1, 0.15) is 50.0 Å². The Morgan fingerprint density at radius 3 is 2.59 bits per heavy atom. The van der Waals surface area contributed by atoms with Crippen molar-refractivity contribution >= 4 is 33.6 Å². The van der Waals surface area contributed by atoms with Crippen molar-refractivity contribution < 1.29 is 9.00 Å². The number of anilines is 1. The summed E-state index contributed by atoms with van der Waals surface area (Å²) >= 11 is 0. The van der Waals surface area contributed by atoms with Crippen LogP contribution in [-0.2, 0) is 22.8 Å². The number of hydrogen-bond donors (Lipinski definition) is 2. The van der Waals surface area contributed by atoms with Crippen LogP contribution in [-0.4, -0.2) is 95.6 Å². The van der Waals surface area contributed by atoms with Crippen molar-refractivity contribution in [2.24, 2.45) is 13.0 Å². The molecule has 224 valence electrons. The predicted octanol–water partition coefficient (Wildman–Crippen LogP) is 3.13. The van der Waals surface area contributed by atoms with Crippen LogP contribution in [0.2, 0.25) is 0 Å². The standard InChI is InChI=1S/C31H47N7O2S/c1-32-26-12-18-38(19-13-26)41(40)27-7-5-6-23(20-27)22-37-16-10-24(11-17-37)25-8-9-28-29(21-25)36(4)34-31(28)35(3)15-14-30(39)33-2/h5,7-9,20-21,23-24,26,32H,6,10-19,22H2,1-4H3,(H,33,39). The molecule has 1 aromatic heterocycles. The number of fused-ring (bicyclic) bond motifs is 1. The van der Waals surface area contributed by atoms with Crippen molar-refractivity contribution in [3.05, 3.63) is 46.9 Å². The third-order valence-corrected chi connectivity index (χ3v) is 10.7. The maximum atomic E-state index is 13.3. The fraction of sp³-hybridized carbons (Fsp3) is 0.613. The van der Waals surface area contributed by atoms with Crippen molar-refractivity contribution in [3.8, 4) is 0 Å². The number of amides is 1. The number of nitrogens with one attached hydrogen (secondary N) is 2. The summed E-state index contributed by atoms with van der Waals surface area (Å²) in [7, 11) is 6.64. The van der Waals surface area contributed by atoms with Gasteiger partial charge in [0.1, 0.15) is 11.0 Å². The van der Waals surface area contributed by atoms with Crippen LogP contribution in [0, 0.1) is 5.92 Å². The first-order chi connectivity index (χ1) is 19.9. The first-order valence-electron chi connectivity index (χ1n) is 15.2. The Hall–Kier alpha value is -2.53. The Kier molecular flexibility index (Phi) is 9.95. The number of hydrogen-bond acceptors (Lipinski definition) is 6. The molecule has 2 fully saturated rings. The van der Waals surface area contributed by atoms with Gasteiger partial charge in [-0.25, -0.2) is 8.51 Å². The number of allylic oxidation sites excluding steroid dienone is 2. The molecule has 0 saturated carbocycles. The zero-order valence-electron chi connectivity index (χ0n) is 25.1. The van der Waals surface area contributed by atoms with E-state index in [0.29, 0.717) is 30.8 Å². The van der Waals surface area contributed by atoms with Crippen LogP contribution in [0.25, 0.3) is 10.9 Å². The quantitative estimate of drug-likeness (QED) is 0.449. The van der Waals surface area contributed by atoms with E-state index in [4.69, 9.17) is 5.10 Å². The van der Waals surface area contributed by atoms with E-state index in [1.165, 1.54) is 5.56 Å². The highest BCUT2D eigenvalue weighted by Gasteiger charge is 2.27. The topological polar surface area (TPSA) is 85.7 Å². The molecule has 10 heteroatoms.